The van der Waals surface area contributed by atoms with Crippen molar-refractivity contribution in [3.8, 4) is 11.5 Å². The SMILES string of the molecule is CN(C)c1cc(CNCc2ccc(OC(F)(F)F)cc2)c(O)c2c1C[C@@]1(C)C[C@@]3(C)[C@H](N(C)C)C(=O)C(C(N)=O)C(=O)[C@@]3(O)C(=O)C1C2=O. The molecule has 6 atom stereocenters. The van der Waals surface area contributed by atoms with Gasteiger partial charge in [0.1, 0.15) is 11.5 Å². The van der Waals surface area contributed by atoms with Crippen LogP contribution >= 0.6 is 0 Å². The number of hydrogen-bond acceptors (Lipinski definition) is 11. The van der Waals surface area contributed by atoms with E-state index in [1.165, 1.54) is 50.2 Å². The van der Waals surface area contributed by atoms with Crippen LogP contribution in [0.2, 0.25) is 0 Å². The van der Waals surface area contributed by atoms with E-state index in [1.54, 1.807) is 32.0 Å². The lowest BCUT2D eigenvalue weighted by Gasteiger charge is -2.61. The van der Waals surface area contributed by atoms with E-state index in [9.17, 15) is 47.4 Å². The van der Waals surface area contributed by atoms with E-state index in [-0.39, 0.29) is 42.8 Å². The molecule has 12 nitrogen and oxygen atoms in total. The maximum atomic E-state index is 14.5. The van der Waals surface area contributed by atoms with E-state index in [2.05, 4.69) is 10.1 Å². The number of primary amides is 1. The Hall–Kier alpha value is -4.34. The summed E-state index contributed by atoms with van der Waals surface area (Å²) in [6.07, 6.45) is -4.89. The molecule has 2 saturated carbocycles. The predicted molar refractivity (Wildman–Crippen MR) is 169 cm³/mol. The van der Waals surface area contributed by atoms with Gasteiger partial charge in [-0.2, -0.15) is 0 Å². The molecule has 5 rings (SSSR count). The number of nitrogens with zero attached hydrogens (tertiary/aromatic N) is 2. The average Bonchev–Trinajstić information content (AvgIpc) is 2.95. The van der Waals surface area contributed by atoms with Crippen molar-refractivity contribution < 1.29 is 52.1 Å². The fraction of sp³-hybridized carbons (Fsp3) is 0.500. The standard InChI is InChI=1S/C34H39F3N4O8/c1-31-12-19-20(40(3)4)11-17(14-39-13-16-7-9-18(10-8-16)49-34(35,36)37)24(42)21(19)25(43)23(31)29(46)33(48)28(45)22(30(38)47)26(44)27(41(5)6)32(33,2)15-31/h7-11,22-23,27,39,42,48H,12-15H2,1-6H3,(H2,38,47)/t22?,23?,27-,31+,32+,33-/m1/s1. The summed E-state index contributed by atoms with van der Waals surface area (Å²) in [4.78, 5) is 71.9. The number of nitrogens with two attached hydrogens (primary N) is 1. The monoisotopic (exact) mass is 688 g/mol. The Morgan fingerprint density at radius 3 is 2.18 bits per heavy atom. The molecule has 0 heterocycles. The molecular weight excluding hydrogens is 649 g/mol. The van der Waals surface area contributed by atoms with Crippen LogP contribution in [0.15, 0.2) is 30.3 Å². The predicted octanol–water partition coefficient (Wildman–Crippen LogP) is 1.90. The van der Waals surface area contributed by atoms with E-state index in [0.717, 1.165) is 0 Å². The topological polar surface area (TPSA) is 180 Å². The van der Waals surface area contributed by atoms with Crippen molar-refractivity contribution in [3.63, 3.8) is 0 Å². The fourth-order valence-electron chi connectivity index (χ4n) is 8.51. The van der Waals surface area contributed by atoms with Crippen molar-refractivity contribution >= 4 is 34.7 Å². The maximum Gasteiger partial charge on any atom is 0.573 e. The van der Waals surface area contributed by atoms with E-state index in [4.69, 9.17) is 5.73 Å². The summed E-state index contributed by atoms with van der Waals surface area (Å²) in [5.41, 5.74) is 1.34. The number of halogens is 3. The van der Waals surface area contributed by atoms with Gasteiger partial charge in [-0.05, 0) is 61.7 Å². The van der Waals surface area contributed by atoms with Crippen LogP contribution in [0.25, 0.3) is 0 Å². The van der Waals surface area contributed by atoms with Gasteiger partial charge in [0.25, 0.3) is 0 Å². The Kier molecular flexibility index (Phi) is 8.74. The van der Waals surface area contributed by atoms with Gasteiger partial charge in [0, 0.05) is 43.9 Å². The van der Waals surface area contributed by atoms with Gasteiger partial charge in [-0.25, -0.2) is 0 Å². The number of fused-ring (bicyclic) bond motifs is 3. The van der Waals surface area contributed by atoms with Crippen molar-refractivity contribution in [1.29, 1.82) is 0 Å². The van der Waals surface area contributed by atoms with E-state index < -0.39 is 75.5 Å². The number of amides is 1. The molecule has 2 fully saturated rings. The number of carbonyl (C=O) groups excluding carboxylic acids is 5. The van der Waals surface area contributed by atoms with Gasteiger partial charge in [0.05, 0.1) is 17.5 Å². The minimum Gasteiger partial charge on any atom is -0.507 e. The summed E-state index contributed by atoms with van der Waals surface area (Å²) >= 11 is 0. The summed E-state index contributed by atoms with van der Waals surface area (Å²) < 4.78 is 41.4. The van der Waals surface area contributed by atoms with E-state index >= 15 is 0 Å². The molecule has 264 valence electrons. The number of rotatable bonds is 8. The molecule has 1 amide bonds. The van der Waals surface area contributed by atoms with Gasteiger partial charge < -0.3 is 30.9 Å². The first kappa shape index (κ1) is 36.0. The van der Waals surface area contributed by atoms with Crippen LogP contribution in [0, 0.1) is 22.7 Å². The molecule has 0 bridgehead atoms. The number of aromatic hydroxyl groups is 1. The molecule has 0 aromatic heterocycles. The fourth-order valence-corrected chi connectivity index (χ4v) is 8.51. The highest BCUT2D eigenvalue weighted by molar-refractivity contribution is 6.33. The normalized spacial score (nSPS) is 29.7. The van der Waals surface area contributed by atoms with Crippen LogP contribution in [-0.4, -0.2) is 90.3 Å². The van der Waals surface area contributed by atoms with Gasteiger partial charge in [-0.1, -0.05) is 26.0 Å². The first-order valence-electron chi connectivity index (χ1n) is 15.5. The first-order valence-corrected chi connectivity index (χ1v) is 15.5. The van der Waals surface area contributed by atoms with E-state index in [1.807, 2.05) is 0 Å². The van der Waals surface area contributed by atoms with Crippen molar-refractivity contribution in [2.75, 3.05) is 33.1 Å². The number of likely N-dealkylation sites (N-methyl/N-ethyl adjacent to an activating group) is 1. The Labute approximate surface area is 280 Å². The lowest BCUT2D eigenvalue weighted by Crippen LogP contribution is -2.79. The van der Waals surface area contributed by atoms with E-state index in [0.29, 0.717) is 16.8 Å². The van der Waals surface area contributed by atoms with Crippen LogP contribution in [0.1, 0.15) is 47.3 Å². The zero-order chi connectivity index (χ0) is 36.6. The third-order valence-electron chi connectivity index (χ3n) is 10.3. The number of alkyl halides is 3. The molecule has 2 aromatic rings. The van der Waals surface area contributed by atoms with Crippen molar-refractivity contribution in [2.45, 2.75) is 57.8 Å². The van der Waals surface area contributed by atoms with Gasteiger partial charge in [-0.3, -0.25) is 28.9 Å². The number of benzene rings is 2. The summed E-state index contributed by atoms with van der Waals surface area (Å²) in [6, 6.07) is 5.63. The number of Topliss-reactive ketones (excluding diaryl/α,β-unsaturated/α-hetero) is 4. The van der Waals surface area contributed by atoms with Crippen LogP contribution in [-0.2, 0) is 38.7 Å². The molecule has 2 aromatic carbocycles. The van der Waals surface area contributed by atoms with Crippen molar-refractivity contribution in [1.82, 2.24) is 10.2 Å². The second-order valence-corrected chi connectivity index (χ2v) is 14.2. The molecule has 5 N–H and O–H groups in total. The van der Waals surface area contributed by atoms with Gasteiger partial charge in [-0.15, -0.1) is 13.2 Å². The summed E-state index contributed by atoms with van der Waals surface area (Å²) in [6.45, 7) is 3.31. The first-order chi connectivity index (χ1) is 22.6. The molecule has 3 aliphatic rings. The zero-order valence-electron chi connectivity index (χ0n) is 27.9. The van der Waals surface area contributed by atoms with Crippen LogP contribution in [0.4, 0.5) is 18.9 Å². The molecule has 3 aliphatic carbocycles. The minimum atomic E-state index is -4.83. The zero-order valence-corrected chi connectivity index (χ0v) is 27.9. The molecule has 0 aliphatic heterocycles. The number of anilines is 1. The van der Waals surface area contributed by atoms with Gasteiger partial charge in [0.2, 0.25) is 5.91 Å². The van der Waals surface area contributed by atoms with Crippen LogP contribution in [0.3, 0.4) is 0 Å². The number of ketones is 4. The lowest BCUT2D eigenvalue weighted by atomic mass is 9.42. The molecule has 0 spiro atoms. The third-order valence-corrected chi connectivity index (χ3v) is 10.3. The van der Waals surface area contributed by atoms with Gasteiger partial charge >= 0.3 is 6.36 Å². The Morgan fingerprint density at radius 2 is 1.65 bits per heavy atom. The average molecular weight is 689 g/mol. The number of hydrogen-bond donors (Lipinski definition) is 4. The van der Waals surface area contributed by atoms with Crippen molar-refractivity contribution in [2.24, 2.45) is 28.4 Å². The highest BCUT2D eigenvalue weighted by Gasteiger charge is 2.76. The van der Waals surface area contributed by atoms with Crippen molar-refractivity contribution in [3.05, 3.63) is 52.6 Å². The quantitative estimate of drug-likeness (QED) is 0.298. The number of ether oxygens (including phenoxy) is 1. The third kappa shape index (κ3) is 5.57. The molecule has 15 heteroatoms. The number of aliphatic hydroxyl groups is 1. The highest BCUT2D eigenvalue weighted by Crippen LogP contribution is 2.62. The largest absolute Gasteiger partial charge is 0.573 e. The summed E-state index contributed by atoms with van der Waals surface area (Å²) in [5.74, 6) is -9.94. The molecule has 0 radical (unpaired) electrons. The van der Waals surface area contributed by atoms with Crippen LogP contribution in [0.5, 0.6) is 11.5 Å². The molecule has 0 saturated heterocycles. The molecule has 49 heavy (non-hydrogen) atoms. The minimum absolute atomic E-state index is 0.0112. The molecule has 2 unspecified atom stereocenters. The van der Waals surface area contributed by atoms with Crippen LogP contribution < -0.4 is 20.7 Å². The summed E-state index contributed by atoms with van der Waals surface area (Å²) in [7, 11) is 6.53. The maximum absolute atomic E-state index is 14.5. The lowest BCUT2D eigenvalue weighted by molar-refractivity contribution is -0.274. The number of phenolic OH excluding ortho intramolecular Hbond substituents is 1. The number of carbonyl (C=O) groups is 5. The summed E-state index contributed by atoms with van der Waals surface area (Å²) in [5, 5.41) is 26.8. The number of phenols is 1. The Morgan fingerprint density at radius 1 is 1.04 bits per heavy atom. The smallest absolute Gasteiger partial charge is 0.507 e. The second-order valence-electron chi connectivity index (χ2n) is 14.2. The Bertz CT molecular complexity index is 1760. The Balaban J connectivity index is 1.53. The van der Waals surface area contributed by atoms with Gasteiger partial charge in [0.15, 0.2) is 34.7 Å². The highest BCUT2D eigenvalue weighted by atomic mass is 19.4. The molecular formula is C34H39F3N4O8. The second kappa shape index (κ2) is 11.9. The number of nitrogens with one attached hydrogen (secondary N) is 1.